The number of aryl methyl sites for hydroxylation is 3. The zero-order valence-corrected chi connectivity index (χ0v) is 12.1. The molecule has 1 atom stereocenters. The minimum Gasteiger partial charge on any atom is -0.478 e. The molecule has 0 aromatic heterocycles. The molecule has 1 heterocycles. The van der Waals surface area contributed by atoms with Crippen molar-refractivity contribution in [2.24, 2.45) is 10.9 Å². The van der Waals surface area contributed by atoms with Gasteiger partial charge in [0.1, 0.15) is 6.61 Å². The maximum absolute atomic E-state index is 5.72. The van der Waals surface area contributed by atoms with Crippen LogP contribution in [0.25, 0.3) is 0 Å². The highest BCUT2D eigenvalue weighted by atomic mass is 16.5. The summed E-state index contributed by atoms with van der Waals surface area (Å²) in [5.41, 5.74) is 5.37. The summed E-state index contributed by atoms with van der Waals surface area (Å²) in [5.74, 6) is 1.46. The lowest BCUT2D eigenvalue weighted by Gasteiger charge is -2.10. The van der Waals surface area contributed by atoms with E-state index >= 15 is 0 Å². The topological polar surface area (TPSA) is 21.6 Å². The summed E-state index contributed by atoms with van der Waals surface area (Å²) < 4.78 is 5.72. The third-order valence-electron chi connectivity index (χ3n) is 3.67. The fourth-order valence-electron chi connectivity index (χ4n) is 2.52. The molecule has 98 valence electrons. The molecule has 0 bridgehead atoms. The van der Waals surface area contributed by atoms with Crippen molar-refractivity contribution in [2.45, 2.75) is 47.1 Å². The van der Waals surface area contributed by atoms with Crippen molar-refractivity contribution in [3.8, 4) is 0 Å². The van der Waals surface area contributed by atoms with Crippen LogP contribution in [0.1, 0.15) is 36.1 Å². The molecule has 1 aromatic carbocycles. The molecule has 0 saturated carbocycles. The van der Waals surface area contributed by atoms with Crippen LogP contribution >= 0.6 is 0 Å². The van der Waals surface area contributed by atoms with Crippen LogP contribution in [0.15, 0.2) is 17.1 Å². The lowest BCUT2D eigenvalue weighted by molar-refractivity contribution is 0.287. The number of ether oxygens (including phenoxy) is 1. The van der Waals surface area contributed by atoms with Crippen LogP contribution in [0.2, 0.25) is 0 Å². The monoisotopic (exact) mass is 245 g/mol. The minimum absolute atomic E-state index is 0.339. The second kappa shape index (κ2) is 5.13. The van der Waals surface area contributed by atoms with Crippen LogP contribution in [0, 0.1) is 26.7 Å². The summed E-state index contributed by atoms with van der Waals surface area (Å²) in [6, 6.07) is 4.81. The second-order valence-electron chi connectivity index (χ2n) is 5.70. The van der Waals surface area contributed by atoms with Crippen molar-refractivity contribution in [1.29, 1.82) is 0 Å². The molecule has 1 aliphatic rings. The number of benzene rings is 1. The molecule has 0 amide bonds. The van der Waals surface area contributed by atoms with Crippen LogP contribution in [0.3, 0.4) is 0 Å². The highest BCUT2D eigenvalue weighted by Gasteiger charge is 2.22. The summed E-state index contributed by atoms with van der Waals surface area (Å²) in [5, 5.41) is 0. The fourth-order valence-corrected chi connectivity index (χ4v) is 2.52. The van der Waals surface area contributed by atoms with E-state index in [0.717, 1.165) is 18.9 Å². The first-order chi connectivity index (χ1) is 8.47. The Hall–Kier alpha value is -1.31. The fraction of sp³-hybridized carbons (Fsp3) is 0.562. The second-order valence-corrected chi connectivity index (χ2v) is 5.70. The average molecular weight is 245 g/mol. The van der Waals surface area contributed by atoms with Gasteiger partial charge in [0.2, 0.25) is 0 Å². The summed E-state index contributed by atoms with van der Waals surface area (Å²) in [6.07, 6.45) is 0.834. The Morgan fingerprint density at radius 3 is 2.33 bits per heavy atom. The third kappa shape index (κ3) is 2.74. The molecular weight excluding hydrogens is 222 g/mol. The minimum atomic E-state index is 0.339. The van der Waals surface area contributed by atoms with Crippen molar-refractivity contribution in [1.82, 2.24) is 0 Å². The predicted molar refractivity (Wildman–Crippen MR) is 76.4 cm³/mol. The number of hydrogen-bond donors (Lipinski definition) is 0. The van der Waals surface area contributed by atoms with Gasteiger partial charge >= 0.3 is 0 Å². The van der Waals surface area contributed by atoms with Gasteiger partial charge < -0.3 is 4.74 Å². The van der Waals surface area contributed by atoms with Crippen molar-refractivity contribution >= 4 is 5.90 Å². The number of nitrogens with zero attached hydrogens (tertiary/aromatic N) is 1. The summed E-state index contributed by atoms with van der Waals surface area (Å²) in [7, 11) is 0. The molecule has 1 unspecified atom stereocenters. The summed E-state index contributed by atoms with van der Waals surface area (Å²) >= 11 is 0. The molecule has 0 spiro atoms. The van der Waals surface area contributed by atoms with E-state index in [2.05, 4.69) is 51.7 Å². The molecule has 2 rings (SSSR count). The van der Waals surface area contributed by atoms with E-state index in [4.69, 9.17) is 4.74 Å². The van der Waals surface area contributed by atoms with Gasteiger partial charge in [-0.2, -0.15) is 0 Å². The van der Waals surface area contributed by atoms with E-state index < -0.39 is 0 Å². The summed E-state index contributed by atoms with van der Waals surface area (Å²) in [6.45, 7) is 11.6. The smallest absolute Gasteiger partial charge is 0.188 e. The van der Waals surface area contributed by atoms with Gasteiger partial charge in [-0.15, -0.1) is 0 Å². The van der Waals surface area contributed by atoms with E-state index in [-0.39, 0.29) is 0 Å². The molecule has 2 heteroatoms. The zero-order chi connectivity index (χ0) is 13.3. The van der Waals surface area contributed by atoms with Crippen molar-refractivity contribution < 1.29 is 4.74 Å². The van der Waals surface area contributed by atoms with Gasteiger partial charge in [0.25, 0.3) is 0 Å². The van der Waals surface area contributed by atoms with Crippen LogP contribution in [0.4, 0.5) is 0 Å². The van der Waals surface area contributed by atoms with E-state index in [1.165, 1.54) is 22.3 Å². The Morgan fingerprint density at radius 1 is 1.22 bits per heavy atom. The number of aliphatic imine (C=N–C) groups is 1. The first kappa shape index (κ1) is 13.1. The van der Waals surface area contributed by atoms with Crippen LogP contribution < -0.4 is 0 Å². The lowest BCUT2D eigenvalue weighted by Crippen LogP contribution is -2.13. The maximum Gasteiger partial charge on any atom is 0.188 e. The number of rotatable bonds is 3. The Labute approximate surface area is 110 Å². The molecule has 0 aliphatic carbocycles. The molecule has 0 N–H and O–H groups in total. The van der Waals surface area contributed by atoms with E-state index in [9.17, 15) is 0 Å². The molecule has 0 saturated heterocycles. The number of hydrogen-bond acceptors (Lipinski definition) is 2. The predicted octanol–water partition coefficient (Wildman–Crippen LogP) is 3.61. The van der Waals surface area contributed by atoms with Gasteiger partial charge in [-0.05, 0) is 43.4 Å². The van der Waals surface area contributed by atoms with E-state index in [0.29, 0.717) is 12.0 Å². The van der Waals surface area contributed by atoms with Crippen molar-refractivity contribution in [3.63, 3.8) is 0 Å². The van der Waals surface area contributed by atoms with Crippen LogP contribution in [-0.4, -0.2) is 18.5 Å². The van der Waals surface area contributed by atoms with Crippen molar-refractivity contribution in [2.75, 3.05) is 6.61 Å². The Balaban J connectivity index is 2.18. The van der Waals surface area contributed by atoms with E-state index in [1.807, 2.05) is 0 Å². The zero-order valence-electron chi connectivity index (χ0n) is 12.1. The van der Waals surface area contributed by atoms with Gasteiger partial charge in [-0.1, -0.05) is 31.5 Å². The highest BCUT2D eigenvalue weighted by Crippen LogP contribution is 2.21. The summed E-state index contributed by atoms with van der Waals surface area (Å²) in [4.78, 5) is 4.68. The van der Waals surface area contributed by atoms with Gasteiger partial charge in [-0.3, -0.25) is 0 Å². The Bertz CT molecular complexity index is 451. The molecule has 18 heavy (non-hydrogen) atoms. The molecule has 1 aliphatic heterocycles. The Kier molecular flexibility index (Phi) is 3.74. The van der Waals surface area contributed by atoms with Crippen LogP contribution in [0.5, 0.6) is 0 Å². The maximum atomic E-state index is 5.72. The van der Waals surface area contributed by atoms with Crippen molar-refractivity contribution in [3.05, 3.63) is 34.4 Å². The van der Waals surface area contributed by atoms with Gasteiger partial charge in [-0.25, -0.2) is 4.99 Å². The quantitative estimate of drug-likeness (QED) is 0.797. The highest BCUT2D eigenvalue weighted by molar-refractivity contribution is 5.81. The largest absolute Gasteiger partial charge is 0.478 e. The molecule has 2 nitrogen and oxygen atoms in total. The first-order valence-corrected chi connectivity index (χ1v) is 6.73. The molecule has 0 fully saturated rings. The standard InChI is InChI=1S/C16H23NO/c1-10(2)15-9-18-16(17-15)8-14-12(4)6-11(3)7-13(14)5/h6-7,10,15H,8-9H2,1-5H3. The first-order valence-electron chi connectivity index (χ1n) is 6.73. The van der Waals surface area contributed by atoms with E-state index in [1.54, 1.807) is 0 Å². The average Bonchev–Trinajstić information content (AvgIpc) is 2.71. The molecule has 0 radical (unpaired) electrons. The van der Waals surface area contributed by atoms with Gasteiger partial charge in [0, 0.05) is 6.42 Å². The van der Waals surface area contributed by atoms with Crippen LogP contribution in [-0.2, 0) is 11.2 Å². The SMILES string of the molecule is Cc1cc(C)c(CC2=NC(C(C)C)CO2)c(C)c1. The Morgan fingerprint density at radius 2 is 1.83 bits per heavy atom. The normalized spacial score (nSPS) is 19.0. The molecular formula is C16H23NO. The van der Waals surface area contributed by atoms with Gasteiger partial charge in [0.15, 0.2) is 5.90 Å². The van der Waals surface area contributed by atoms with Gasteiger partial charge in [0.05, 0.1) is 6.04 Å². The lowest BCUT2D eigenvalue weighted by atomic mass is 9.97. The molecule has 1 aromatic rings. The third-order valence-corrected chi connectivity index (χ3v) is 3.67.